The van der Waals surface area contributed by atoms with Gasteiger partial charge in [0.2, 0.25) is 0 Å². The topological polar surface area (TPSA) is 51.2 Å². The van der Waals surface area contributed by atoms with Gasteiger partial charge >= 0.3 is 0 Å². The van der Waals surface area contributed by atoms with Gasteiger partial charge in [0.1, 0.15) is 10.9 Å². The molecule has 116 valence electrons. The number of nitrogens with zero attached hydrogens (tertiary/aromatic N) is 1. The second kappa shape index (κ2) is 7.47. The first kappa shape index (κ1) is 16.6. The minimum absolute atomic E-state index is 0.104. The molecule has 1 aromatic carbocycles. The molecule has 0 aliphatic carbocycles. The number of hydrogen-bond acceptors (Lipinski definition) is 3. The summed E-state index contributed by atoms with van der Waals surface area (Å²) in [7, 11) is 1.62. The Hall–Kier alpha value is -1.78. The summed E-state index contributed by atoms with van der Waals surface area (Å²) in [5.41, 5.74) is 1.38. The van der Waals surface area contributed by atoms with Crippen LogP contribution in [0.5, 0.6) is 5.75 Å². The Balaban J connectivity index is 2.14. The van der Waals surface area contributed by atoms with E-state index in [1.54, 1.807) is 7.11 Å². The van der Waals surface area contributed by atoms with Crippen LogP contribution in [0.2, 0.25) is 10.2 Å². The molecule has 1 heterocycles. The van der Waals surface area contributed by atoms with Crippen molar-refractivity contribution in [2.24, 2.45) is 0 Å². The Morgan fingerprint density at radius 3 is 2.55 bits per heavy atom. The van der Waals surface area contributed by atoms with Gasteiger partial charge in [-0.25, -0.2) is 4.98 Å². The molecule has 2 rings (SSSR count). The number of benzene rings is 1. The predicted octanol–water partition coefficient (Wildman–Crippen LogP) is 4.28. The third-order valence-electron chi connectivity index (χ3n) is 3.29. The average molecular weight is 339 g/mol. The number of ether oxygens (including phenoxy) is 1. The molecule has 0 aliphatic heterocycles. The van der Waals surface area contributed by atoms with Gasteiger partial charge in [0.05, 0.1) is 23.7 Å². The molecule has 1 amide bonds. The third kappa shape index (κ3) is 3.90. The Labute approximate surface area is 139 Å². The summed E-state index contributed by atoms with van der Waals surface area (Å²) in [4.78, 5) is 16.2. The van der Waals surface area contributed by atoms with Crippen molar-refractivity contribution in [2.75, 3.05) is 7.11 Å². The third-order valence-corrected chi connectivity index (χ3v) is 3.98. The number of amides is 1. The summed E-state index contributed by atoms with van der Waals surface area (Å²) < 4.78 is 5.13. The largest absolute Gasteiger partial charge is 0.497 e. The number of hydrogen-bond donors (Lipinski definition) is 1. The number of carbonyl (C=O) groups excluding carboxylic acids is 1. The van der Waals surface area contributed by atoms with Crippen LogP contribution in [0.3, 0.4) is 0 Å². The van der Waals surface area contributed by atoms with E-state index in [0.717, 1.165) is 17.7 Å². The number of nitrogens with one attached hydrogen (secondary N) is 1. The molecule has 0 spiro atoms. The lowest BCUT2D eigenvalue weighted by molar-refractivity contribution is 0.0935. The van der Waals surface area contributed by atoms with Crippen molar-refractivity contribution in [3.63, 3.8) is 0 Å². The molecule has 6 heteroatoms. The van der Waals surface area contributed by atoms with Gasteiger partial charge in [0.25, 0.3) is 5.91 Å². The fourth-order valence-electron chi connectivity index (χ4n) is 2.04. The van der Waals surface area contributed by atoms with Gasteiger partial charge in [-0.3, -0.25) is 4.79 Å². The summed E-state index contributed by atoms with van der Waals surface area (Å²) in [6.07, 6.45) is 2.16. The smallest absolute Gasteiger partial charge is 0.253 e. The van der Waals surface area contributed by atoms with E-state index in [0.29, 0.717) is 5.56 Å². The highest BCUT2D eigenvalue weighted by Gasteiger charge is 2.15. The number of pyridine rings is 1. The van der Waals surface area contributed by atoms with E-state index in [1.165, 1.54) is 12.3 Å². The normalized spacial score (nSPS) is 11.8. The van der Waals surface area contributed by atoms with Crippen molar-refractivity contribution >= 4 is 29.1 Å². The van der Waals surface area contributed by atoms with Gasteiger partial charge in [0.15, 0.2) is 0 Å². The average Bonchev–Trinajstić information content (AvgIpc) is 2.55. The van der Waals surface area contributed by atoms with Crippen LogP contribution >= 0.6 is 23.2 Å². The molecule has 0 radical (unpaired) electrons. The van der Waals surface area contributed by atoms with E-state index < -0.39 is 0 Å². The fraction of sp³-hybridized carbons (Fsp3) is 0.250. The van der Waals surface area contributed by atoms with Crippen molar-refractivity contribution in [3.8, 4) is 5.75 Å². The molecule has 0 saturated heterocycles. The van der Waals surface area contributed by atoms with E-state index in [2.05, 4.69) is 10.3 Å². The molecule has 1 N–H and O–H groups in total. The van der Waals surface area contributed by atoms with Crippen LogP contribution in [0.1, 0.15) is 35.3 Å². The number of carbonyl (C=O) groups is 1. The Morgan fingerprint density at radius 2 is 2.00 bits per heavy atom. The first-order chi connectivity index (χ1) is 10.5. The van der Waals surface area contributed by atoms with E-state index >= 15 is 0 Å². The fourth-order valence-corrected chi connectivity index (χ4v) is 2.31. The molecule has 2 aromatic rings. The highest BCUT2D eigenvalue weighted by Crippen LogP contribution is 2.22. The number of halogens is 2. The maximum atomic E-state index is 12.3. The zero-order valence-corrected chi connectivity index (χ0v) is 13.8. The zero-order valence-electron chi connectivity index (χ0n) is 12.3. The first-order valence-corrected chi connectivity index (χ1v) is 7.56. The van der Waals surface area contributed by atoms with Crippen molar-refractivity contribution in [3.05, 3.63) is 57.8 Å². The van der Waals surface area contributed by atoms with Crippen LogP contribution in [-0.2, 0) is 0 Å². The van der Waals surface area contributed by atoms with Crippen molar-refractivity contribution in [1.29, 1.82) is 0 Å². The quantitative estimate of drug-likeness (QED) is 0.828. The Kier molecular flexibility index (Phi) is 5.63. The van der Waals surface area contributed by atoms with Crippen LogP contribution in [-0.4, -0.2) is 18.0 Å². The van der Waals surface area contributed by atoms with Gasteiger partial charge < -0.3 is 10.1 Å². The molecular weight excluding hydrogens is 323 g/mol. The highest BCUT2D eigenvalue weighted by molar-refractivity contribution is 6.41. The molecule has 1 atom stereocenters. The van der Waals surface area contributed by atoms with Crippen molar-refractivity contribution < 1.29 is 9.53 Å². The summed E-state index contributed by atoms with van der Waals surface area (Å²) in [6.45, 7) is 2.00. The van der Waals surface area contributed by atoms with Gasteiger partial charge in [-0.05, 0) is 30.2 Å². The van der Waals surface area contributed by atoms with E-state index in [-0.39, 0.29) is 22.1 Å². The lowest BCUT2D eigenvalue weighted by Crippen LogP contribution is -2.28. The molecule has 0 unspecified atom stereocenters. The van der Waals surface area contributed by atoms with Crippen LogP contribution in [0.4, 0.5) is 0 Å². The second-order valence-electron chi connectivity index (χ2n) is 4.70. The summed E-state index contributed by atoms with van der Waals surface area (Å²) in [5, 5.41) is 3.40. The minimum atomic E-state index is -0.242. The lowest BCUT2D eigenvalue weighted by atomic mass is 10.0. The highest BCUT2D eigenvalue weighted by atomic mass is 35.5. The lowest BCUT2D eigenvalue weighted by Gasteiger charge is -2.18. The summed E-state index contributed by atoms with van der Waals surface area (Å²) in [6, 6.07) is 9.00. The SMILES string of the molecule is CC[C@H](NC(=O)c1cnc(Cl)c(Cl)c1)c1ccc(OC)cc1. The zero-order chi connectivity index (χ0) is 16.1. The van der Waals surface area contributed by atoms with Gasteiger partial charge in [0, 0.05) is 6.20 Å². The van der Waals surface area contributed by atoms with Crippen molar-refractivity contribution in [2.45, 2.75) is 19.4 Å². The Morgan fingerprint density at radius 1 is 1.32 bits per heavy atom. The molecule has 22 heavy (non-hydrogen) atoms. The van der Waals surface area contributed by atoms with Gasteiger partial charge in [-0.15, -0.1) is 0 Å². The van der Waals surface area contributed by atoms with Crippen LogP contribution in [0.25, 0.3) is 0 Å². The van der Waals surface area contributed by atoms with Crippen LogP contribution in [0.15, 0.2) is 36.5 Å². The summed E-state index contributed by atoms with van der Waals surface area (Å²) in [5.74, 6) is 0.535. The monoisotopic (exact) mass is 338 g/mol. The van der Waals surface area contributed by atoms with Crippen LogP contribution < -0.4 is 10.1 Å². The van der Waals surface area contributed by atoms with Crippen molar-refractivity contribution in [1.82, 2.24) is 10.3 Å². The molecule has 0 fully saturated rings. The van der Waals surface area contributed by atoms with E-state index in [9.17, 15) is 4.79 Å². The van der Waals surface area contributed by atoms with E-state index in [1.807, 2.05) is 31.2 Å². The maximum absolute atomic E-state index is 12.3. The number of methoxy groups -OCH3 is 1. The Bertz CT molecular complexity index is 660. The summed E-state index contributed by atoms with van der Waals surface area (Å²) >= 11 is 11.6. The molecular formula is C16H16Cl2N2O2. The predicted molar refractivity (Wildman–Crippen MR) is 87.7 cm³/mol. The second-order valence-corrected chi connectivity index (χ2v) is 5.47. The minimum Gasteiger partial charge on any atom is -0.497 e. The maximum Gasteiger partial charge on any atom is 0.253 e. The molecule has 4 nitrogen and oxygen atoms in total. The standard InChI is InChI=1S/C16H16Cl2N2O2/c1-3-14(10-4-6-12(22-2)7-5-10)20-16(21)11-8-13(17)15(18)19-9-11/h4-9,14H,3H2,1-2H3,(H,20,21)/t14-/m0/s1. The molecule has 0 saturated carbocycles. The van der Waals surface area contributed by atoms with Crippen LogP contribution in [0, 0.1) is 0 Å². The number of rotatable bonds is 5. The van der Waals surface area contributed by atoms with E-state index in [4.69, 9.17) is 27.9 Å². The van der Waals surface area contributed by atoms with Gasteiger partial charge in [-0.2, -0.15) is 0 Å². The van der Waals surface area contributed by atoms with Gasteiger partial charge in [-0.1, -0.05) is 42.3 Å². The molecule has 0 bridgehead atoms. The molecule has 1 aromatic heterocycles. The number of aromatic nitrogens is 1. The first-order valence-electron chi connectivity index (χ1n) is 6.81. The molecule has 0 aliphatic rings.